The van der Waals surface area contributed by atoms with Crippen molar-refractivity contribution in [3.63, 3.8) is 0 Å². The van der Waals surface area contributed by atoms with Crippen molar-refractivity contribution in [1.82, 2.24) is 35.8 Å². The van der Waals surface area contributed by atoms with E-state index in [1.807, 2.05) is 30.3 Å². The third kappa shape index (κ3) is 9.96. The molecule has 3 heterocycles. The van der Waals surface area contributed by atoms with Gasteiger partial charge < -0.3 is 41.5 Å². The summed E-state index contributed by atoms with van der Waals surface area (Å²) in [6, 6.07) is 8.65. The van der Waals surface area contributed by atoms with E-state index in [2.05, 4.69) is 26.3 Å². The van der Waals surface area contributed by atoms with Crippen molar-refractivity contribution in [2.45, 2.75) is 88.6 Å². The predicted molar refractivity (Wildman–Crippen MR) is 194 cm³/mol. The summed E-state index contributed by atoms with van der Waals surface area (Å²) in [6.07, 6.45) is 2.40. The van der Waals surface area contributed by atoms with Crippen LogP contribution in [0.25, 0.3) is 10.8 Å². The lowest BCUT2D eigenvalue weighted by atomic mass is 9.91. The van der Waals surface area contributed by atoms with Crippen LogP contribution in [0.15, 0.2) is 48.7 Å². The van der Waals surface area contributed by atoms with E-state index >= 15 is 0 Å². The summed E-state index contributed by atoms with van der Waals surface area (Å²) in [7, 11) is 0. The third-order valence-corrected chi connectivity index (χ3v) is 10.0. The van der Waals surface area contributed by atoms with E-state index in [9.17, 15) is 33.9 Å². The summed E-state index contributed by atoms with van der Waals surface area (Å²) >= 11 is 0. The van der Waals surface area contributed by atoms with Gasteiger partial charge in [0.1, 0.15) is 17.7 Å². The number of ether oxygens (including phenoxy) is 1. The van der Waals surface area contributed by atoms with E-state index in [-0.39, 0.29) is 44.7 Å². The lowest BCUT2D eigenvalue weighted by Gasteiger charge is -2.32. The number of nitrogens with zero attached hydrogens (tertiary/aromatic N) is 4. The highest BCUT2D eigenvalue weighted by Crippen LogP contribution is 2.33. The number of aromatic nitrogens is 3. The molecule has 17 heteroatoms. The Bertz CT molecular complexity index is 1850. The van der Waals surface area contributed by atoms with Crippen LogP contribution in [0.1, 0.15) is 80.9 Å². The first kappa shape index (κ1) is 39.8. The van der Waals surface area contributed by atoms with Crippen molar-refractivity contribution in [1.29, 1.82) is 0 Å². The fourth-order valence-electron chi connectivity index (χ4n) is 7.12. The van der Waals surface area contributed by atoms with Crippen LogP contribution < -0.4 is 21.7 Å². The molecule has 2 aliphatic rings. The number of aliphatic hydroxyl groups is 1. The zero-order valence-corrected chi connectivity index (χ0v) is 30.4. The molecule has 7 N–H and O–H groups in total. The van der Waals surface area contributed by atoms with Crippen molar-refractivity contribution in [2.75, 3.05) is 26.3 Å². The molecular formula is C37H48N8O9. The van der Waals surface area contributed by atoms with Gasteiger partial charge in [0.25, 0.3) is 11.8 Å². The van der Waals surface area contributed by atoms with E-state index in [4.69, 9.17) is 15.6 Å². The molecule has 5 amide bonds. The fraction of sp³-hybridized carbons (Fsp3) is 0.514. The Hall–Kier alpha value is -5.42. The molecule has 2 saturated heterocycles. The Morgan fingerprint density at radius 1 is 1.00 bits per heavy atom. The number of nitrogens with one attached hydrogen (secondary N) is 3. The third-order valence-electron chi connectivity index (χ3n) is 10.0. The molecule has 0 radical (unpaired) electrons. The monoisotopic (exact) mass is 748 g/mol. The summed E-state index contributed by atoms with van der Waals surface area (Å²) in [5.41, 5.74) is 4.66. The van der Waals surface area contributed by atoms with E-state index in [1.165, 1.54) is 15.8 Å². The minimum Gasteiger partial charge on any atom is -0.465 e. The van der Waals surface area contributed by atoms with Crippen LogP contribution in [0.2, 0.25) is 0 Å². The molecule has 1 aromatic heterocycles. The number of amides is 5. The minimum absolute atomic E-state index is 0.00658. The summed E-state index contributed by atoms with van der Waals surface area (Å²) in [5.74, 6) is -3.98. The van der Waals surface area contributed by atoms with Gasteiger partial charge in [-0.3, -0.25) is 24.0 Å². The van der Waals surface area contributed by atoms with Crippen molar-refractivity contribution in [3.05, 3.63) is 59.9 Å². The second kappa shape index (κ2) is 17.6. The summed E-state index contributed by atoms with van der Waals surface area (Å²) < 4.78 is 7.01. The van der Waals surface area contributed by atoms with E-state index in [0.717, 1.165) is 10.8 Å². The number of carbonyl (C=O) groups excluding carboxylic acids is 5. The maximum Gasteiger partial charge on any atom is 0.404 e. The molecule has 5 rings (SSSR count). The number of rotatable bonds is 16. The number of fused-ring (bicyclic) bond motifs is 1. The maximum absolute atomic E-state index is 14.7. The lowest BCUT2D eigenvalue weighted by molar-refractivity contribution is -0.142. The molecule has 2 unspecified atom stereocenters. The summed E-state index contributed by atoms with van der Waals surface area (Å²) in [5, 5.41) is 37.4. The zero-order valence-electron chi connectivity index (χ0n) is 30.4. The Balaban J connectivity index is 1.44. The Labute approximate surface area is 311 Å². The first-order valence-electron chi connectivity index (χ1n) is 18.1. The maximum atomic E-state index is 14.7. The van der Waals surface area contributed by atoms with E-state index in [1.54, 1.807) is 26.0 Å². The normalized spacial score (nSPS) is 18.8. The van der Waals surface area contributed by atoms with Crippen molar-refractivity contribution in [2.24, 2.45) is 11.7 Å². The molecule has 54 heavy (non-hydrogen) atoms. The molecule has 0 saturated carbocycles. The molecule has 3 aromatic rings. The highest BCUT2D eigenvalue weighted by Gasteiger charge is 2.45. The summed E-state index contributed by atoms with van der Waals surface area (Å²) in [4.78, 5) is 79.7. The number of ketones is 1. The van der Waals surface area contributed by atoms with Crippen LogP contribution in [0.3, 0.4) is 0 Å². The van der Waals surface area contributed by atoms with Gasteiger partial charge in [-0.25, -0.2) is 9.48 Å². The molecule has 2 aliphatic heterocycles. The number of hydrogen-bond acceptors (Lipinski definition) is 10. The van der Waals surface area contributed by atoms with E-state index < -0.39 is 65.3 Å². The SMILES string of the molecule is CC(C)(O)c1cnnn1[C@H]1C[C@@H](C(=O)NC(CCCCNC(=O)O)C(=O)C(N)=O)N(C(=O)C(CC2CCOCC2)NC(=O)c2ccc3ccccc3c2)C1. The average molecular weight is 749 g/mol. The number of carbonyl (C=O) groups is 6. The van der Waals surface area contributed by atoms with Crippen LogP contribution in [0.4, 0.5) is 4.79 Å². The molecule has 4 atom stereocenters. The van der Waals surface area contributed by atoms with Gasteiger partial charge in [0.2, 0.25) is 17.6 Å². The topological polar surface area (TPSA) is 248 Å². The van der Waals surface area contributed by atoms with Crippen molar-refractivity contribution >= 4 is 46.3 Å². The van der Waals surface area contributed by atoms with Gasteiger partial charge in [-0.05, 0) is 81.2 Å². The molecule has 0 bridgehead atoms. The fourth-order valence-corrected chi connectivity index (χ4v) is 7.12. The van der Waals surface area contributed by atoms with Crippen molar-refractivity contribution in [3.8, 4) is 0 Å². The molecular weight excluding hydrogens is 700 g/mol. The van der Waals surface area contributed by atoms with Crippen molar-refractivity contribution < 1.29 is 43.7 Å². The second-order valence-corrected chi connectivity index (χ2v) is 14.4. The van der Waals surface area contributed by atoms with Gasteiger partial charge in [0, 0.05) is 38.3 Å². The number of carboxylic acid groups (broad SMARTS) is 1. The molecule has 2 fully saturated rings. The molecule has 2 aromatic carbocycles. The smallest absolute Gasteiger partial charge is 0.404 e. The van der Waals surface area contributed by atoms with Gasteiger partial charge in [-0.15, -0.1) is 5.10 Å². The Morgan fingerprint density at radius 2 is 1.72 bits per heavy atom. The van der Waals surface area contributed by atoms with E-state index in [0.29, 0.717) is 43.7 Å². The molecule has 17 nitrogen and oxygen atoms in total. The number of likely N-dealkylation sites (tertiary alicyclic amines) is 1. The largest absolute Gasteiger partial charge is 0.465 e. The second-order valence-electron chi connectivity index (χ2n) is 14.4. The number of unbranched alkanes of at least 4 members (excludes halogenated alkanes) is 1. The average Bonchev–Trinajstić information content (AvgIpc) is 3.82. The van der Waals surface area contributed by atoms with Crippen LogP contribution in [-0.4, -0.2) is 110 Å². The Morgan fingerprint density at radius 3 is 2.41 bits per heavy atom. The van der Waals surface area contributed by atoms with Gasteiger partial charge >= 0.3 is 6.09 Å². The molecule has 0 spiro atoms. The number of Topliss-reactive ketones (excluding diaryl/α,β-unsaturated/α-hetero) is 1. The zero-order chi connectivity index (χ0) is 39.0. The highest BCUT2D eigenvalue weighted by molar-refractivity contribution is 6.37. The van der Waals surface area contributed by atoms with Crippen LogP contribution in [-0.2, 0) is 29.5 Å². The first-order chi connectivity index (χ1) is 25.7. The molecule has 290 valence electrons. The highest BCUT2D eigenvalue weighted by atomic mass is 16.5. The first-order valence-corrected chi connectivity index (χ1v) is 18.1. The van der Waals surface area contributed by atoms with Gasteiger partial charge in [0.05, 0.1) is 24.0 Å². The minimum atomic E-state index is -1.37. The number of hydrogen-bond donors (Lipinski definition) is 6. The van der Waals surface area contributed by atoms with Crippen LogP contribution >= 0.6 is 0 Å². The quantitative estimate of drug-likeness (QED) is 0.0903. The number of nitrogens with two attached hydrogens (primary N) is 1. The lowest BCUT2D eigenvalue weighted by Crippen LogP contribution is -2.56. The van der Waals surface area contributed by atoms with Crippen LogP contribution in [0.5, 0.6) is 0 Å². The molecule has 0 aliphatic carbocycles. The number of primary amides is 1. The Kier molecular flexibility index (Phi) is 13.0. The van der Waals surface area contributed by atoms with Gasteiger partial charge in [-0.2, -0.15) is 0 Å². The standard InChI is InChI=1S/C37H48N8O9/c1-37(2,53)30-20-40-43-45(30)26-19-29(34(49)41-27(31(46)32(38)47)9-5-6-14-39-36(51)52)44(21-26)35(50)28(17-22-12-15-54-16-13-22)42-33(48)25-11-10-23-7-3-4-8-24(23)18-25/h3-4,7-8,10-11,18,20,22,26-29,39,53H,5-6,9,12-17,19,21H2,1-2H3,(H2,38,47)(H,41,49)(H,42,48)(H,51,52)/t26-,27?,28?,29-/m0/s1. The number of benzene rings is 2. The van der Waals surface area contributed by atoms with Gasteiger partial charge in [-0.1, -0.05) is 35.5 Å². The summed E-state index contributed by atoms with van der Waals surface area (Å²) in [6.45, 7) is 4.18. The van der Waals surface area contributed by atoms with Crippen LogP contribution in [0, 0.1) is 5.92 Å². The predicted octanol–water partition coefficient (Wildman–Crippen LogP) is 1.39. The van der Waals surface area contributed by atoms with Gasteiger partial charge in [0.15, 0.2) is 0 Å².